The smallest absolute Gasteiger partial charge is 0.273 e. The van der Waals surface area contributed by atoms with Gasteiger partial charge in [0.05, 0.1) is 10.9 Å². The van der Waals surface area contributed by atoms with Crippen molar-refractivity contribution < 1.29 is 9.32 Å². The van der Waals surface area contributed by atoms with Crippen molar-refractivity contribution in [1.29, 1.82) is 0 Å². The number of amides is 1. The van der Waals surface area contributed by atoms with Crippen LogP contribution in [-0.4, -0.2) is 35.6 Å². The summed E-state index contributed by atoms with van der Waals surface area (Å²) in [4.78, 5) is 15.9. The Bertz CT molecular complexity index is 886. The summed E-state index contributed by atoms with van der Waals surface area (Å²) in [5, 5.41) is 9.61. The molecule has 0 unspecified atom stereocenters. The second kappa shape index (κ2) is 8.25. The minimum Gasteiger partial charge on any atom is -0.355 e. The third kappa shape index (κ3) is 4.24. The van der Waals surface area contributed by atoms with Crippen LogP contribution < -0.4 is 5.32 Å². The molecule has 3 aromatic rings. The maximum atomic E-state index is 12.6. The fourth-order valence-electron chi connectivity index (χ4n) is 3.39. The van der Waals surface area contributed by atoms with Gasteiger partial charge >= 0.3 is 0 Å². The first-order chi connectivity index (χ1) is 13.2. The molecule has 1 saturated heterocycles. The standard InChI is InChI=1S/C20H20ClN3O2S/c21-15-7-5-14(6-8-15)17(24-9-1-2-10-24)13-22-20(25)16-12-18(26-23-16)19-4-3-11-27-19/h3-8,11-12,17H,1-2,9-10,13H2,(H,22,25)/t17-/m0/s1. The number of hydrogen-bond acceptors (Lipinski definition) is 5. The van der Waals surface area contributed by atoms with Crippen molar-refractivity contribution in [1.82, 2.24) is 15.4 Å². The first-order valence-corrected chi connectivity index (χ1v) is 10.2. The van der Waals surface area contributed by atoms with Crippen LogP contribution in [0.2, 0.25) is 5.02 Å². The fourth-order valence-corrected chi connectivity index (χ4v) is 4.19. The Morgan fingerprint density at radius 3 is 2.74 bits per heavy atom. The summed E-state index contributed by atoms with van der Waals surface area (Å²) in [6, 6.07) is 13.5. The van der Waals surface area contributed by atoms with E-state index in [1.54, 1.807) is 17.4 Å². The molecule has 5 nitrogen and oxygen atoms in total. The highest BCUT2D eigenvalue weighted by Crippen LogP contribution is 2.27. The molecule has 1 aromatic carbocycles. The average Bonchev–Trinajstić information content (AvgIpc) is 3.44. The van der Waals surface area contributed by atoms with Gasteiger partial charge in [0, 0.05) is 17.6 Å². The SMILES string of the molecule is O=C(NC[C@@H](c1ccc(Cl)cc1)N1CCCC1)c1cc(-c2cccs2)on1. The van der Waals surface area contributed by atoms with Crippen LogP contribution in [0.3, 0.4) is 0 Å². The molecule has 27 heavy (non-hydrogen) atoms. The molecule has 0 spiro atoms. The minimum absolute atomic E-state index is 0.123. The van der Waals surface area contributed by atoms with Crippen LogP contribution in [0.15, 0.2) is 52.4 Å². The first-order valence-electron chi connectivity index (χ1n) is 8.99. The van der Waals surface area contributed by atoms with Crippen molar-refractivity contribution in [2.75, 3.05) is 19.6 Å². The third-order valence-electron chi connectivity index (χ3n) is 4.80. The van der Waals surface area contributed by atoms with E-state index < -0.39 is 0 Å². The van der Waals surface area contributed by atoms with E-state index in [1.807, 2.05) is 41.8 Å². The van der Waals surface area contributed by atoms with Gasteiger partial charge in [-0.25, -0.2) is 0 Å². The molecule has 7 heteroatoms. The summed E-state index contributed by atoms with van der Waals surface area (Å²) in [6.07, 6.45) is 2.37. The highest BCUT2D eigenvalue weighted by atomic mass is 35.5. The maximum absolute atomic E-state index is 12.6. The predicted molar refractivity (Wildman–Crippen MR) is 107 cm³/mol. The molecule has 1 atom stereocenters. The molecule has 0 aliphatic carbocycles. The predicted octanol–water partition coefficient (Wildman–Crippen LogP) is 4.62. The Morgan fingerprint density at radius 1 is 1.26 bits per heavy atom. The number of rotatable bonds is 6. The first kappa shape index (κ1) is 18.2. The molecule has 4 rings (SSSR count). The number of carbonyl (C=O) groups is 1. The van der Waals surface area contributed by atoms with Gasteiger partial charge in [0.25, 0.3) is 5.91 Å². The van der Waals surface area contributed by atoms with E-state index in [0.29, 0.717) is 23.0 Å². The van der Waals surface area contributed by atoms with E-state index in [9.17, 15) is 4.79 Å². The van der Waals surface area contributed by atoms with Gasteiger partial charge in [-0.3, -0.25) is 9.69 Å². The summed E-state index contributed by atoms with van der Waals surface area (Å²) in [6.45, 7) is 2.59. The third-order valence-corrected chi connectivity index (χ3v) is 5.94. The minimum atomic E-state index is -0.222. The van der Waals surface area contributed by atoms with E-state index in [0.717, 1.165) is 23.5 Å². The number of hydrogen-bond donors (Lipinski definition) is 1. The highest BCUT2D eigenvalue weighted by molar-refractivity contribution is 7.13. The Hall–Kier alpha value is -2.15. The van der Waals surface area contributed by atoms with E-state index in [-0.39, 0.29) is 11.9 Å². The van der Waals surface area contributed by atoms with E-state index in [2.05, 4.69) is 15.4 Å². The van der Waals surface area contributed by atoms with Crippen LogP contribution in [0.1, 0.15) is 34.9 Å². The summed E-state index contributed by atoms with van der Waals surface area (Å²) in [5.41, 5.74) is 1.45. The molecule has 1 fully saturated rings. The van der Waals surface area contributed by atoms with Crippen molar-refractivity contribution in [3.05, 3.63) is 64.1 Å². The lowest BCUT2D eigenvalue weighted by Gasteiger charge is -2.28. The molecule has 1 aliphatic rings. The molecular formula is C20H20ClN3O2S. The van der Waals surface area contributed by atoms with Gasteiger partial charge in [-0.05, 0) is 55.1 Å². The molecule has 0 radical (unpaired) electrons. The average molecular weight is 402 g/mol. The van der Waals surface area contributed by atoms with Crippen LogP contribution in [0.5, 0.6) is 0 Å². The molecule has 0 bridgehead atoms. The van der Waals surface area contributed by atoms with Crippen LogP contribution in [0, 0.1) is 0 Å². The van der Waals surface area contributed by atoms with Crippen molar-refractivity contribution in [2.45, 2.75) is 18.9 Å². The number of nitrogens with zero attached hydrogens (tertiary/aromatic N) is 2. The normalized spacial score (nSPS) is 15.7. The van der Waals surface area contributed by atoms with E-state index in [4.69, 9.17) is 16.1 Å². The van der Waals surface area contributed by atoms with Crippen molar-refractivity contribution >= 4 is 28.8 Å². The van der Waals surface area contributed by atoms with Crippen LogP contribution in [0.25, 0.3) is 10.6 Å². The number of likely N-dealkylation sites (tertiary alicyclic amines) is 1. The maximum Gasteiger partial charge on any atom is 0.273 e. The zero-order chi connectivity index (χ0) is 18.6. The lowest BCUT2D eigenvalue weighted by atomic mass is 10.1. The molecule has 1 aliphatic heterocycles. The van der Waals surface area contributed by atoms with Gasteiger partial charge in [-0.15, -0.1) is 11.3 Å². The lowest BCUT2D eigenvalue weighted by Crippen LogP contribution is -2.36. The molecule has 140 valence electrons. The van der Waals surface area contributed by atoms with Crippen molar-refractivity contribution in [3.63, 3.8) is 0 Å². The van der Waals surface area contributed by atoms with Gasteiger partial charge in [0.1, 0.15) is 0 Å². The number of thiophene rings is 1. The largest absolute Gasteiger partial charge is 0.355 e. The monoisotopic (exact) mass is 401 g/mol. The molecular weight excluding hydrogens is 382 g/mol. The Balaban J connectivity index is 1.45. The molecule has 0 saturated carbocycles. The molecule has 1 N–H and O–H groups in total. The fraction of sp³-hybridized carbons (Fsp3) is 0.300. The summed E-state index contributed by atoms with van der Waals surface area (Å²) >= 11 is 7.58. The van der Waals surface area contributed by atoms with Crippen molar-refractivity contribution in [3.8, 4) is 10.6 Å². The van der Waals surface area contributed by atoms with Gasteiger partial charge in [-0.2, -0.15) is 0 Å². The lowest BCUT2D eigenvalue weighted by molar-refractivity contribution is 0.0929. The highest BCUT2D eigenvalue weighted by Gasteiger charge is 2.24. The van der Waals surface area contributed by atoms with E-state index >= 15 is 0 Å². The summed E-state index contributed by atoms with van der Waals surface area (Å²) in [7, 11) is 0. The Labute approximate surface area is 166 Å². The van der Waals surface area contributed by atoms with Gasteiger partial charge in [0.2, 0.25) is 0 Å². The second-order valence-electron chi connectivity index (χ2n) is 6.57. The number of nitrogens with one attached hydrogen (secondary N) is 1. The van der Waals surface area contributed by atoms with E-state index in [1.165, 1.54) is 12.8 Å². The molecule has 2 aromatic heterocycles. The summed E-state index contributed by atoms with van der Waals surface area (Å²) in [5.74, 6) is 0.392. The van der Waals surface area contributed by atoms with Gasteiger partial charge in [0.15, 0.2) is 11.5 Å². The second-order valence-corrected chi connectivity index (χ2v) is 7.96. The van der Waals surface area contributed by atoms with Crippen LogP contribution >= 0.6 is 22.9 Å². The Morgan fingerprint density at radius 2 is 2.04 bits per heavy atom. The number of benzene rings is 1. The zero-order valence-electron chi connectivity index (χ0n) is 14.7. The number of aromatic nitrogens is 1. The van der Waals surface area contributed by atoms with Gasteiger partial charge in [-0.1, -0.05) is 35.0 Å². The van der Waals surface area contributed by atoms with Gasteiger partial charge < -0.3 is 9.84 Å². The van der Waals surface area contributed by atoms with Crippen LogP contribution in [0.4, 0.5) is 0 Å². The van der Waals surface area contributed by atoms with Crippen molar-refractivity contribution in [2.24, 2.45) is 0 Å². The number of carbonyl (C=O) groups excluding carboxylic acids is 1. The number of halogens is 1. The Kier molecular flexibility index (Phi) is 5.57. The molecule has 3 heterocycles. The molecule has 1 amide bonds. The zero-order valence-corrected chi connectivity index (χ0v) is 16.3. The van der Waals surface area contributed by atoms with Crippen LogP contribution in [-0.2, 0) is 0 Å². The summed E-state index contributed by atoms with van der Waals surface area (Å²) < 4.78 is 5.31. The topological polar surface area (TPSA) is 58.4 Å². The quantitative estimate of drug-likeness (QED) is 0.654.